The zero-order valence-electron chi connectivity index (χ0n) is 16.0. The minimum atomic E-state index is 0.408. The largest absolute Gasteiger partial charge is 0.374 e. The van der Waals surface area contributed by atoms with E-state index in [1.807, 2.05) is 42.0 Å². The van der Waals surface area contributed by atoms with E-state index in [4.69, 9.17) is 0 Å². The van der Waals surface area contributed by atoms with Gasteiger partial charge >= 0.3 is 0 Å². The van der Waals surface area contributed by atoms with Crippen LogP contribution < -0.4 is 4.90 Å². The molecule has 1 saturated heterocycles. The molecule has 7 heteroatoms. The molecule has 7 nitrogen and oxygen atoms in total. The van der Waals surface area contributed by atoms with Crippen LogP contribution >= 0.6 is 0 Å². The number of rotatable bonds is 4. The van der Waals surface area contributed by atoms with Gasteiger partial charge in [-0.25, -0.2) is 4.98 Å². The Hall–Kier alpha value is -2.41. The van der Waals surface area contributed by atoms with Crippen molar-refractivity contribution in [2.45, 2.75) is 18.9 Å². The lowest BCUT2D eigenvalue weighted by Crippen LogP contribution is -2.41. The molecular formula is C19H27N7. The predicted octanol–water partition coefficient (Wildman–Crippen LogP) is 2.22. The Morgan fingerprint density at radius 2 is 2.04 bits per heavy atom. The van der Waals surface area contributed by atoms with Crippen LogP contribution in [0.25, 0.3) is 11.0 Å². The SMILES string of the molecule is CN(C[C@@H]1CCCN(C)[C@H]1c1cnn(C)c1)c1ccnc2c1cnn2C. The summed E-state index contributed by atoms with van der Waals surface area (Å²) >= 11 is 0. The van der Waals surface area contributed by atoms with Crippen LogP contribution in [0.5, 0.6) is 0 Å². The van der Waals surface area contributed by atoms with Gasteiger partial charge in [-0.1, -0.05) is 0 Å². The second-order valence-corrected chi connectivity index (χ2v) is 7.49. The Balaban J connectivity index is 1.61. The van der Waals surface area contributed by atoms with Crippen molar-refractivity contribution < 1.29 is 0 Å². The predicted molar refractivity (Wildman–Crippen MR) is 103 cm³/mol. The van der Waals surface area contributed by atoms with Crippen molar-refractivity contribution in [1.29, 1.82) is 0 Å². The number of anilines is 1. The van der Waals surface area contributed by atoms with Crippen LogP contribution in [0.3, 0.4) is 0 Å². The smallest absolute Gasteiger partial charge is 0.159 e. The molecule has 138 valence electrons. The lowest BCUT2D eigenvalue weighted by atomic mass is 9.85. The van der Waals surface area contributed by atoms with E-state index in [0.717, 1.165) is 24.1 Å². The maximum absolute atomic E-state index is 4.46. The summed E-state index contributed by atoms with van der Waals surface area (Å²) in [6, 6.07) is 2.50. The van der Waals surface area contributed by atoms with Crippen molar-refractivity contribution in [2.75, 3.05) is 32.1 Å². The zero-order chi connectivity index (χ0) is 18.3. The highest BCUT2D eigenvalue weighted by Crippen LogP contribution is 2.36. The van der Waals surface area contributed by atoms with Crippen molar-refractivity contribution in [3.8, 4) is 0 Å². The molecule has 0 unspecified atom stereocenters. The van der Waals surface area contributed by atoms with Crippen molar-refractivity contribution >= 4 is 16.7 Å². The first-order chi connectivity index (χ1) is 12.5. The highest BCUT2D eigenvalue weighted by atomic mass is 15.3. The first-order valence-electron chi connectivity index (χ1n) is 9.21. The molecule has 2 atom stereocenters. The molecule has 4 heterocycles. The molecule has 0 bridgehead atoms. The van der Waals surface area contributed by atoms with E-state index in [1.54, 1.807) is 0 Å². The van der Waals surface area contributed by atoms with Crippen LogP contribution in [0.2, 0.25) is 0 Å². The number of pyridine rings is 1. The number of nitrogens with zero attached hydrogens (tertiary/aromatic N) is 7. The summed E-state index contributed by atoms with van der Waals surface area (Å²) in [4.78, 5) is 9.30. The third-order valence-electron chi connectivity index (χ3n) is 5.61. The quantitative estimate of drug-likeness (QED) is 0.720. The van der Waals surface area contributed by atoms with Crippen LogP contribution in [0.15, 0.2) is 30.9 Å². The average molecular weight is 353 g/mol. The summed E-state index contributed by atoms with van der Waals surface area (Å²) in [7, 11) is 8.34. The molecule has 0 N–H and O–H groups in total. The Morgan fingerprint density at radius 3 is 2.81 bits per heavy atom. The lowest BCUT2D eigenvalue weighted by Gasteiger charge is -2.40. The highest BCUT2D eigenvalue weighted by Gasteiger charge is 2.32. The van der Waals surface area contributed by atoms with E-state index in [2.05, 4.69) is 51.3 Å². The third kappa shape index (κ3) is 2.96. The zero-order valence-corrected chi connectivity index (χ0v) is 16.0. The number of hydrogen-bond acceptors (Lipinski definition) is 5. The molecule has 0 aromatic carbocycles. The minimum Gasteiger partial charge on any atom is -0.374 e. The number of likely N-dealkylation sites (tertiary alicyclic amines) is 1. The van der Waals surface area contributed by atoms with Gasteiger partial charge in [-0.3, -0.25) is 14.3 Å². The maximum Gasteiger partial charge on any atom is 0.159 e. The third-order valence-corrected chi connectivity index (χ3v) is 5.61. The van der Waals surface area contributed by atoms with E-state index in [0.29, 0.717) is 12.0 Å². The Kier molecular flexibility index (Phi) is 4.40. The molecular weight excluding hydrogens is 326 g/mol. The fraction of sp³-hybridized carbons (Fsp3) is 0.526. The topological polar surface area (TPSA) is 55.0 Å². The Morgan fingerprint density at radius 1 is 1.19 bits per heavy atom. The molecule has 1 aliphatic rings. The molecule has 3 aromatic heterocycles. The van der Waals surface area contributed by atoms with Gasteiger partial charge < -0.3 is 4.90 Å². The first kappa shape index (κ1) is 17.0. The fourth-order valence-corrected chi connectivity index (χ4v) is 4.39. The van der Waals surface area contributed by atoms with Crippen LogP contribution in [-0.2, 0) is 14.1 Å². The number of fused-ring (bicyclic) bond motifs is 1. The average Bonchev–Trinajstić information content (AvgIpc) is 3.21. The van der Waals surface area contributed by atoms with Crippen LogP contribution in [0.1, 0.15) is 24.4 Å². The monoisotopic (exact) mass is 353 g/mol. The molecule has 0 aliphatic carbocycles. The minimum absolute atomic E-state index is 0.408. The molecule has 0 saturated carbocycles. The van der Waals surface area contributed by atoms with Gasteiger partial charge in [0.25, 0.3) is 0 Å². The van der Waals surface area contributed by atoms with Crippen molar-refractivity contribution in [3.63, 3.8) is 0 Å². The van der Waals surface area contributed by atoms with Crippen LogP contribution in [0, 0.1) is 5.92 Å². The molecule has 1 fully saturated rings. The normalized spacial score (nSPS) is 21.4. The van der Waals surface area contributed by atoms with Gasteiger partial charge in [0.1, 0.15) is 0 Å². The molecule has 1 aliphatic heterocycles. The Labute approximate surface area is 154 Å². The summed E-state index contributed by atoms with van der Waals surface area (Å²) in [5, 5.41) is 9.88. The Bertz CT molecular complexity index is 896. The molecule has 26 heavy (non-hydrogen) atoms. The van der Waals surface area contributed by atoms with Gasteiger partial charge in [-0.2, -0.15) is 10.2 Å². The summed E-state index contributed by atoms with van der Waals surface area (Å²) in [5.41, 5.74) is 3.44. The maximum atomic E-state index is 4.46. The highest BCUT2D eigenvalue weighted by molar-refractivity contribution is 5.88. The number of piperidine rings is 1. The number of aromatic nitrogens is 5. The molecule has 4 rings (SSSR count). The van der Waals surface area contributed by atoms with E-state index < -0.39 is 0 Å². The fourth-order valence-electron chi connectivity index (χ4n) is 4.39. The second-order valence-electron chi connectivity index (χ2n) is 7.49. The van der Waals surface area contributed by atoms with Gasteiger partial charge in [0.2, 0.25) is 0 Å². The molecule has 0 amide bonds. The standard InChI is InChI=1S/C19H27N7/c1-23-9-5-6-14(18(23)15-10-21-25(3)13-15)12-24(2)17-7-8-20-19-16(17)11-22-26(19)4/h7-8,10-11,13-14,18H,5-6,9,12H2,1-4H3/t14-,18+/m0/s1. The number of hydrogen-bond donors (Lipinski definition) is 0. The van der Waals surface area contributed by atoms with Gasteiger partial charge in [-0.15, -0.1) is 0 Å². The summed E-state index contributed by atoms with van der Waals surface area (Å²) in [6.45, 7) is 2.14. The molecule has 3 aromatic rings. The second kappa shape index (κ2) is 6.72. The van der Waals surface area contributed by atoms with Crippen molar-refractivity contribution in [2.24, 2.45) is 20.0 Å². The van der Waals surface area contributed by atoms with E-state index in [9.17, 15) is 0 Å². The van der Waals surface area contributed by atoms with Crippen molar-refractivity contribution in [1.82, 2.24) is 29.4 Å². The van der Waals surface area contributed by atoms with Gasteiger partial charge in [0.05, 0.1) is 23.5 Å². The summed E-state index contributed by atoms with van der Waals surface area (Å²) in [5.74, 6) is 0.558. The van der Waals surface area contributed by atoms with Crippen molar-refractivity contribution in [3.05, 3.63) is 36.4 Å². The van der Waals surface area contributed by atoms with Crippen LogP contribution in [0.4, 0.5) is 5.69 Å². The van der Waals surface area contributed by atoms with Crippen LogP contribution in [-0.4, -0.2) is 56.6 Å². The number of aryl methyl sites for hydroxylation is 2. The summed E-state index contributed by atoms with van der Waals surface area (Å²) < 4.78 is 3.74. The molecule has 0 radical (unpaired) electrons. The molecule has 0 spiro atoms. The van der Waals surface area contributed by atoms with Gasteiger partial charge in [0.15, 0.2) is 5.65 Å². The van der Waals surface area contributed by atoms with Gasteiger partial charge in [0, 0.05) is 51.7 Å². The summed E-state index contributed by atoms with van der Waals surface area (Å²) in [6.07, 6.45) is 10.4. The first-order valence-corrected chi connectivity index (χ1v) is 9.21. The van der Waals surface area contributed by atoms with Gasteiger partial charge in [-0.05, 0) is 38.4 Å². The lowest BCUT2D eigenvalue weighted by molar-refractivity contribution is 0.124. The van der Waals surface area contributed by atoms with E-state index in [-0.39, 0.29) is 0 Å². The van der Waals surface area contributed by atoms with E-state index in [1.165, 1.54) is 24.1 Å². The van der Waals surface area contributed by atoms with E-state index >= 15 is 0 Å².